The Morgan fingerprint density at radius 2 is 2.20 bits per heavy atom. The van der Waals surface area contributed by atoms with Gasteiger partial charge < -0.3 is 15.5 Å². The normalized spacial score (nSPS) is 20.8. The monoisotopic (exact) mass is 213 g/mol. The predicted octanol–water partition coefficient (Wildman–Crippen LogP) is -0.810. The Labute approximate surface area is 90.2 Å². The lowest BCUT2D eigenvalue weighted by molar-refractivity contribution is -0.132. The van der Waals surface area contributed by atoms with E-state index < -0.39 is 0 Å². The van der Waals surface area contributed by atoms with Crippen molar-refractivity contribution in [2.45, 2.75) is 12.8 Å². The van der Waals surface area contributed by atoms with Crippen molar-refractivity contribution < 1.29 is 9.59 Å². The molecule has 1 saturated heterocycles. The Balaban J connectivity index is 2.26. The second-order valence-electron chi connectivity index (χ2n) is 4.05. The Morgan fingerprint density at radius 3 is 2.73 bits per heavy atom. The van der Waals surface area contributed by atoms with Crippen LogP contribution in [0.3, 0.4) is 0 Å². The maximum Gasteiger partial charge on any atom is 0.241 e. The highest BCUT2D eigenvalue weighted by atomic mass is 16.2. The second-order valence-corrected chi connectivity index (χ2v) is 4.05. The molecule has 1 aliphatic rings. The lowest BCUT2D eigenvalue weighted by atomic mass is 9.99. The quantitative estimate of drug-likeness (QED) is 0.644. The summed E-state index contributed by atoms with van der Waals surface area (Å²) < 4.78 is 0. The molecule has 1 fully saturated rings. The Hall–Kier alpha value is -1.10. The van der Waals surface area contributed by atoms with Crippen molar-refractivity contribution in [3.63, 3.8) is 0 Å². The summed E-state index contributed by atoms with van der Waals surface area (Å²) in [6.45, 7) is 1.81. The molecule has 0 aromatic heterocycles. The van der Waals surface area contributed by atoms with Gasteiger partial charge in [-0.25, -0.2) is 0 Å². The molecule has 0 aliphatic carbocycles. The fourth-order valence-corrected chi connectivity index (χ4v) is 1.54. The number of hydrogen-bond donors (Lipinski definition) is 2. The summed E-state index contributed by atoms with van der Waals surface area (Å²) >= 11 is 0. The average molecular weight is 213 g/mol. The molecule has 0 saturated carbocycles. The highest BCUT2D eigenvalue weighted by Crippen LogP contribution is 2.09. The first kappa shape index (κ1) is 12.0. The van der Waals surface area contributed by atoms with Crippen LogP contribution in [0.25, 0.3) is 0 Å². The van der Waals surface area contributed by atoms with Gasteiger partial charge in [0.25, 0.3) is 0 Å². The van der Waals surface area contributed by atoms with Gasteiger partial charge in [-0.15, -0.1) is 0 Å². The summed E-state index contributed by atoms with van der Waals surface area (Å²) in [6.07, 6.45) is 1.94. The standard InChI is InChI=1S/C10H19N3O2/c1-13(2)9(14)7-12-10(15)8-4-3-5-11-6-8/h8,11H,3-7H2,1-2H3,(H,12,15). The van der Waals surface area contributed by atoms with E-state index in [1.54, 1.807) is 14.1 Å². The van der Waals surface area contributed by atoms with Crippen molar-refractivity contribution in [1.29, 1.82) is 0 Å². The topological polar surface area (TPSA) is 61.4 Å². The molecule has 86 valence electrons. The number of amides is 2. The minimum Gasteiger partial charge on any atom is -0.347 e. The summed E-state index contributed by atoms with van der Waals surface area (Å²) in [6, 6.07) is 0. The summed E-state index contributed by atoms with van der Waals surface area (Å²) in [5.41, 5.74) is 0. The van der Waals surface area contributed by atoms with Crippen molar-refractivity contribution in [3.8, 4) is 0 Å². The van der Waals surface area contributed by atoms with Crippen molar-refractivity contribution in [1.82, 2.24) is 15.5 Å². The van der Waals surface area contributed by atoms with E-state index in [0.717, 1.165) is 25.9 Å². The number of hydrogen-bond acceptors (Lipinski definition) is 3. The number of carbonyl (C=O) groups is 2. The van der Waals surface area contributed by atoms with Gasteiger partial charge in [-0.2, -0.15) is 0 Å². The second kappa shape index (κ2) is 5.70. The molecule has 2 amide bonds. The number of likely N-dealkylation sites (N-methyl/N-ethyl adjacent to an activating group) is 1. The summed E-state index contributed by atoms with van der Waals surface area (Å²) in [5.74, 6) is -0.0711. The van der Waals surface area contributed by atoms with Crippen LogP contribution in [0, 0.1) is 5.92 Å². The fourth-order valence-electron chi connectivity index (χ4n) is 1.54. The Bertz CT molecular complexity index is 235. The first-order valence-corrected chi connectivity index (χ1v) is 5.30. The van der Waals surface area contributed by atoms with E-state index in [0.29, 0.717) is 0 Å². The van der Waals surface area contributed by atoms with Gasteiger partial charge in [0.1, 0.15) is 0 Å². The molecule has 1 atom stereocenters. The minimum atomic E-state index is -0.0767. The smallest absolute Gasteiger partial charge is 0.241 e. The molecule has 1 heterocycles. The van der Waals surface area contributed by atoms with Gasteiger partial charge >= 0.3 is 0 Å². The SMILES string of the molecule is CN(C)C(=O)CNC(=O)C1CCCNC1. The van der Waals surface area contributed by atoms with Gasteiger partial charge in [-0.1, -0.05) is 0 Å². The third-order valence-corrected chi connectivity index (χ3v) is 2.58. The third kappa shape index (κ3) is 3.87. The van der Waals surface area contributed by atoms with E-state index in [1.165, 1.54) is 4.90 Å². The third-order valence-electron chi connectivity index (χ3n) is 2.58. The van der Waals surface area contributed by atoms with E-state index in [2.05, 4.69) is 10.6 Å². The van der Waals surface area contributed by atoms with Crippen LogP contribution in [-0.4, -0.2) is 50.4 Å². The lowest BCUT2D eigenvalue weighted by Crippen LogP contribution is -2.43. The molecule has 1 unspecified atom stereocenters. The number of rotatable bonds is 3. The van der Waals surface area contributed by atoms with Crippen LogP contribution in [0.15, 0.2) is 0 Å². The van der Waals surface area contributed by atoms with Crippen molar-refractivity contribution in [2.75, 3.05) is 33.7 Å². The van der Waals surface area contributed by atoms with Crippen LogP contribution in [-0.2, 0) is 9.59 Å². The number of piperidine rings is 1. The average Bonchev–Trinajstić information content (AvgIpc) is 2.26. The van der Waals surface area contributed by atoms with E-state index in [4.69, 9.17) is 0 Å². The van der Waals surface area contributed by atoms with Crippen LogP contribution in [0.5, 0.6) is 0 Å². The molecule has 0 aromatic rings. The first-order valence-electron chi connectivity index (χ1n) is 5.30. The zero-order valence-electron chi connectivity index (χ0n) is 9.38. The van der Waals surface area contributed by atoms with Crippen molar-refractivity contribution in [2.24, 2.45) is 5.92 Å². The van der Waals surface area contributed by atoms with Gasteiger partial charge in [-0.3, -0.25) is 9.59 Å². The summed E-state index contributed by atoms with van der Waals surface area (Å²) in [7, 11) is 3.35. The maximum atomic E-state index is 11.6. The molecule has 2 N–H and O–H groups in total. The van der Waals surface area contributed by atoms with Crippen molar-refractivity contribution >= 4 is 11.8 Å². The first-order chi connectivity index (χ1) is 7.11. The van der Waals surface area contributed by atoms with Crippen LogP contribution in [0.2, 0.25) is 0 Å². The molecule has 0 aromatic carbocycles. The van der Waals surface area contributed by atoms with E-state index in [-0.39, 0.29) is 24.3 Å². The predicted molar refractivity (Wildman–Crippen MR) is 57.3 cm³/mol. The number of nitrogens with one attached hydrogen (secondary N) is 2. The molecule has 15 heavy (non-hydrogen) atoms. The van der Waals surface area contributed by atoms with E-state index in [1.807, 2.05) is 0 Å². The zero-order chi connectivity index (χ0) is 11.3. The Kier molecular flexibility index (Phi) is 4.55. The van der Waals surface area contributed by atoms with Gasteiger partial charge in [-0.05, 0) is 19.4 Å². The van der Waals surface area contributed by atoms with Gasteiger partial charge in [0, 0.05) is 20.6 Å². The molecule has 0 bridgehead atoms. The highest BCUT2D eigenvalue weighted by Gasteiger charge is 2.21. The lowest BCUT2D eigenvalue weighted by Gasteiger charge is -2.22. The summed E-state index contributed by atoms with van der Waals surface area (Å²) in [4.78, 5) is 24.3. The van der Waals surface area contributed by atoms with Crippen LogP contribution >= 0.6 is 0 Å². The molecule has 5 heteroatoms. The number of nitrogens with zero attached hydrogens (tertiary/aromatic N) is 1. The molecular weight excluding hydrogens is 194 g/mol. The molecule has 5 nitrogen and oxygen atoms in total. The van der Waals surface area contributed by atoms with Crippen LogP contribution in [0.1, 0.15) is 12.8 Å². The van der Waals surface area contributed by atoms with Crippen LogP contribution in [0.4, 0.5) is 0 Å². The van der Waals surface area contributed by atoms with E-state index >= 15 is 0 Å². The molecule has 1 rings (SSSR count). The summed E-state index contributed by atoms with van der Waals surface area (Å²) in [5, 5.41) is 5.83. The van der Waals surface area contributed by atoms with Gasteiger partial charge in [0.05, 0.1) is 12.5 Å². The fraction of sp³-hybridized carbons (Fsp3) is 0.800. The number of carbonyl (C=O) groups excluding carboxylic acids is 2. The Morgan fingerprint density at radius 1 is 1.47 bits per heavy atom. The highest BCUT2D eigenvalue weighted by molar-refractivity contribution is 5.85. The molecular formula is C10H19N3O2. The minimum absolute atomic E-state index is 0.0163. The molecule has 0 spiro atoms. The van der Waals surface area contributed by atoms with Gasteiger partial charge in [0.15, 0.2) is 0 Å². The van der Waals surface area contributed by atoms with E-state index in [9.17, 15) is 9.59 Å². The van der Waals surface area contributed by atoms with Crippen molar-refractivity contribution in [3.05, 3.63) is 0 Å². The molecule has 0 radical (unpaired) electrons. The van der Waals surface area contributed by atoms with Crippen LogP contribution < -0.4 is 10.6 Å². The zero-order valence-corrected chi connectivity index (χ0v) is 9.38. The largest absolute Gasteiger partial charge is 0.347 e. The maximum absolute atomic E-state index is 11.6. The van der Waals surface area contributed by atoms with Gasteiger partial charge in [0.2, 0.25) is 11.8 Å². The molecule has 1 aliphatic heterocycles.